The second-order valence-corrected chi connectivity index (χ2v) is 4.63. The van der Waals surface area contributed by atoms with Crippen LogP contribution in [0.4, 0.5) is 17.2 Å². The molecule has 104 valence electrons. The number of carbonyl (C=O) groups is 1. The number of hydrogen-bond donors (Lipinski definition) is 2. The molecule has 1 aromatic heterocycles. The molecule has 0 aliphatic carbocycles. The number of benzene rings is 1. The van der Waals surface area contributed by atoms with E-state index in [1.54, 1.807) is 0 Å². The molecule has 2 aromatic rings. The van der Waals surface area contributed by atoms with E-state index in [0.29, 0.717) is 16.5 Å². The lowest BCUT2D eigenvalue weighted by Gasteiger charge is -2.12. The Hall–Kier alpha value is -2.27. The number of nitrogens with one attached hydrogen (secondary N) is 1. The molecule has 0 radical (unpaired) electrons. The van der Waals surface area contributed by atoms with E-state index in [2.05, 4.69) is 15.0 Å². The molecule has 0 aliphatic heterocycles. The van der Waals surface area contributed by atoms with Crippen LogP contribution in [0.15, 0.2) is 30.5 Å². The highest BCUT2D eigenvalue weighted by Crippen LogP contribution is 2.29. The smallest absolute Gasteiger partial charge is 0.340 e. The second-order valence-electron chi connectivity index (χ2n) is 4.22. The van der Waals surface area contributed by atoms with Crippen LogP contribution in [0, 0.1) is 6.92 Å². The van der Waals surface area contributed by atoms with Crippen LogP contribution in [-0.2, 0) is 4.74 Å². The van der Waals surface area contributed by atoms with Crippen LogP contribution in [0.2, 0.25) is 5.02 Å². The highest BCUT2D eigenvalue weighted by atomic mass is 35.5. The van der Waals surface area contributed by atoms with E-state index in [-0.39, 0.29) is 11.3 Å². The van der Waals surface area contributed by atoms with Gasteiger partial charge in [0.05, 0.1) is 29.1 Å². The molecule has 0 atom stereocenters. The molecule has 1 heterocycles. The quantitative estimate of drug-likeness (QED) is 0.850. The number of carbonyl (C=O) groups excluding carboxylic acids is 1. The van der Waals surface area contributed by atoms with Gasteiger partial charge in [-0.1, -0.05) is 17.7 Å². The number of hydrogen-bond acceptors (Lipinski definition) is 5. The number of pyridine rings is 1. The van der Waals surface area contributed by atoms with Crippen LogP contribution >= 0.6 is 11.6 Å². The maximum Gasteiger partial charge on any atom is 0.340 e. The van der Waals surface area contributed by atoms with Crippen molar-refractivity contribution >= 4 is 34.8 Å². The molecule has 0 bridgehead atoms. The van der Waals surface area contributed by atoms with Crippen molar-refractivity contribution in [3.8, 4) is 0 Å². The fraction of sp³-hybridized carbons (Fsp3) is 0.143. The standard InChI is InChI=1S/C14H14ClN3O2/c1-8-3-4-11(10(15)7-8)18-13-12(16)9(5-6-17-13)14(19)20-2/h3-7H,16H2,1-2H3,(H,17,18). The fourth-order valence-corrected chi connectivity index (χ4v) is 1.99. The normalized spacial score (nSPS) is 10.2. The Labute approximate surface area is 121 Å². The fourth-order valence-electron chi connectivity index (χ4n) is 1.71. The molecule has 0 amide bonds. The number of halogens is 1. The van der Waals surface area contributed by atoms with Gasteiger partial charge in [-0.15, -0.1) is 0 Å². The van der Waals surface area contributed by atoms with Crippen LogP contribution in [0.3, 0.4) is 0 Å². The summed E-state index contributed by atoms with van der Waals surface area (Å²) in [6, 6.07) is 7.06. The van der Waals surface area contributed by atoms with Gasteiger partial charge in [-0.05, 0) is 30.7 Å². The third-order valence-electron chi connectivity index (χ3n) is 2.77. The molecule has 1 aromatic carbocycles. The molecule has 3 N–H and O–H groups in total. The number of nitrogens with two attached hydrogens (primary N) is 1. The minimum Gasteiger partial charge on any atom is -0.465 e. The van der Waals surface area contributed by atoms with E-state index in [9.17, 15) is 4.79 Å². The van der Waals surface area contributed by atoms with Gasteiger partial charge in [0.1, 0.15) is 0 Å². The molecule has 20 heavy (non-hydrogen) atoms. The zero-order valence-corrected chi connectivity index (χ0v) is 11.9. The average molecular weight is 292 g/mol. The Bertz CT molecular complexity index is 659. The summed E-state index contributed by atoms with van der Waals surface area (Å²) in [5.74, 6) is -0.151. The number of anilines is 3. The molecule has 2 rings (SSSR count). The van der Waals surface area contributed by atoms with Crippen molar-refractivity contribution in [3.05, 3.63) is 46.6 Å². The maximum absolute atomic E-state index is 11.6. The van der Waals surface area contributed by atoms with E-state index >= 15 is 0 Å². The van der Waals surface area contributed by atoms with Gasteiger partial charge in [-0.2, -0.15) is 0 Å². The summed E-state index contributed by atoms with van der Waals surface area (Å²) in [5.41, 5.74) is 8.11. The first-order valence-electron chi connectivity index (χ1n) is 5.89. The predicted octanol–water partition coefficient (Wildman–Crippen LogP) is 3.16. The monoisotopic (exact) mass is 291 g/mol. The average Bonchev–Trinajstić information content (AvgIpc) is 2.43. The first-order chi connectivity index (χ1) is 9.52. The highest BCUT2D eigenvalue weighted by Gasteiger charge is 2.14. The number of aromatic nitrogens is 1. The van der Waals surface area contributed by atoms with Crippen molar-refractivity contribution in [3.63, 3.8) is 0 Å². The molecule has 6 heteroatoms. The van der Waals surface area contributed by atoms with Crippen molar-refractivity contribution in [2.75, 3.05) is 18.2 Å². The molecule has 5 nitrogen and oxygen atoms in total. The van der Waals surface area contributed by atoms with Crippen LogP contribution in [0.25, 0.3) is 0 Å². The zero-order valence-electron chi connectivity index (χ0n) is 11.1. The molecule has 0 aliphatic rings. The molecular weight excluding hydrogens is 278 g/mol. The van der Waals surface area contributed by atoms with Crippen LogP contribution in [-0.4, -0.2) is 18.1 Å². The van der Waals surface area contributed by atoms with Gasteiger partial charge in [-0.25, -0.2) is 9.78 Å². The zero-order chi connectivity index (χ0) is 14.7. The van der Waals surface area contributed by atoms with Crippen molar-refractivity contribution in [2.24, 2.45) is 0 Å². The topological polar surface area (TPSA) is 77.2 Å². The SMILES string of the molecule is COC(=O)c1ccnc(Nc2ccc(C)cc2Cl)c1N. The lowest BCUT2D eigenvalue weighted by molar-refractivity contribution is 0.0602. The Kier molecular flexibility index (Phi) is 4.10. The maximum atomic E-state index is 11.6. The third kappa shape index (κ3) is 2.83. The van der Waals surface area contributed by atoms with Crippen molar-refractivity contribution in [2.45, 2.75) is 6.92 Å². The van der Waals surface area contributed by atoms with E-state index in [1.165, 1.54) is 19.4 Å². The van der Waals surface area contributed by atoms with E-state index in [4.69, 9.17) is 17.3 Å². The van der Waals surface area contributed by atoms with Gasteiger partial charge < -0.3 is 15.8 Å². The second kappa shape index (κ2) is 5.79. The molecular formula is C14H14ClN3O2. The number of ether oxygens (including phenoxy) is 1. The Morgan fingerprint density at radius 3 is 2.80 bits per heavy atom. The summed E-state index contributed by atoms with van der Waals surface area (Å²) in [6.07, 6.45) is 1.48. The summed E-state index contributed by atoms with van der Waals surface area (Å²) in [7, 11) is 1.30. The van der Waals surface area contributed by atoms with Crippen molar-refractivity contribution < 1.29 is 9.53 Å². The summed E-state index contributed by atoms with van der Waals surface area (Å²) in [4.78, 5) is 15.7. The van der Waals surface area contributed by atoms with Crippen molar-refractivity contribution in [1.29, 1.82) is 0 Å². The van der Waals surface area contributed by atoms with Gasteiger partial charge >= 0.3 is 5.97 Å². The minimum atomic E-state index is -0.511. The first-order valence-corrected chi connectivity index (χ1v) is 6.26. The van der Waals surface area contributed by atoms with Gasteiger partial charge in [-0.3, -0.25) is 0 Å². The molecule has 0 saturated heterocycles. The largest absolute Gasteiger partial charge is 0.465 e. The number of rotatable bonds is 3. The summed E-state index contributed by atoms with van der Waals surface area (Å²) >= 11 is 6.14. The summed E-state index contributed by atoms with van der Waals surface area (Å²) < 4.78 is 4.66. The number of nitrogens with zero attached hydrogens (tertiary/aromatic N) is 1. The Balaban J connectivity index is 2.37. The number of nitrogen functional groups attached to an aromatic ring is 1. The van der Waals surface area contributed by atoms with Crippen LogP contribution < -0.4 is 11.1 Å². The Morgan fingerprint density at radius 1 is 1.40 bits per heavy atom. The van der Waals surface area contributed by atoms with Crippen molar-refractivity contribution in [1.82, 2.24) is 4.98 Å². The van der Waals surface area contributed by atoms with Gasteiger partial charge in [0.25, 0.3) is 0 Å². The van der Waals surface area contributed by atoms with Crippen LogP contribution in [0.1, 0.15) is 15.9 Å². The first kappa shape index (κ1) is 14.1. The van der Waals surface area contributed by atoms with E-state index in [0.717, 1.165) is 5.56 Å². The number of methoxy groups -OCH3 is 1. The minimum absolute atomic E-state index is 0.219. The van der Waals surface area contributed by atoms with E-state index < -0.39 is 5.97 Å². The molecule has 0 saturated carbocycles. The van der Waals surface area contributed by atoms with Crippen LogP contribution in [0.5, 0.6) is 0 Å². The third-order valence-corrected chi connectivity index (χ3v) is 3.09. The highest BCUT2D eigenvalue weighted by molar-refractivity contribution is 6.33. The van der Waals surface area contributed by atoms with E-state index in [1.807, 2.05) is 25.1 Å². The number of aryl methyl sites for hydroxylation is 1. The van der Waals surface area contributed by atoms with Gasteiger partial charge in [0.15, 0.2) is 5.82 Å². The van der Waals surface area contributed by atoms with Gasteiger partial charge in [0, 0.05) is 6.20 Å². The van der Waals surface area contributed by atoms with Gasteiger partial charge in [0.2, 0.25) is 0 Å². The lowest BCUT2D eigenvalue weighted by Crippen LogP contribution is -2.09. The molecule has 0 unspecified atom stereocenters. The Morgan fingerprint density at radius 2 is 2.15 bits per heavy atom. The molecule has 0 spiro atoms. The predicted molar refractivity (Wildman–Crippen MR) is 79.5 cm³/mol. The summed E-state index contributed by atoms with van der Waals surface area (Å²) in [5, 5.41) is 3.56. The summed E-state index contributed by atoms with van der Waals surface area (Å²) in [6.45, 7) is 1.94. The lowest BCUT2D eigenvalue weighted by atomic mass is 10.2. The molecule has 0 fully saturated rings. The number of esters is 1.